The first kappa shape index (κ1) is 19.3. The fraction of sp³-hybridized carbons (Fsp3) is 0.429. The van der Waals surface area contributed by atoms with Crippen molar-refractivity contribution in [2.45, 2.75) is 38.8 Å². The Morgan fingerprint density at radius 2 is 2.10 bits per heavy atom. The van der Waals surface area contributed by atoms with Crippen LogP contribution in [0.3, 0.4) is 0 Å². The molecular weight excluding hydrogens is 368 g/mol. The van der Waals surface area contributed by atoms with Crippen molar-refractivity contribution in [3.8, 4) is 5.75 Å². The Balaban J connectivity index is 1.37. The maximum absolute atomic E-state index is 12.4. The first-order valence-electron chi connectivity index (χ1n) is 10.0. The van der Waals surface area contributed by atoms with Gasteiger partial charge in [-0.25, -0.2) is 14.6 Å². The Morgan fingerprint density at radius 3 is 2.86 bits per heavy atom. The van der Waals surface area contributed by atoms with Crippen molar-refractivity contribution in [3.05, 3.63) is 47.9 Å². The second-order valence-electron chi connectivity index (χ2n) is 7.39. The Kier molecular flexibility index (Phi) is 5.71. The number of rotatable bonds is 7. The number of hydrogen-bond donors (Lipinski definition) is 2. The molecule has 0 unspecified atom stereocenters. The Morgan fingerprint density at radius 1 is 1.31 bits per heavy atom. The van der Waals surface area contributed by atoms with Gasteiger partial charge in [-0.2, -0.15) is 5.10 Å². The Hall–Kier alpha value is -3.00. The van der Waals surface area contributed by atoms with Crippen LogP contribution in [-0.4, -0.2) is 51.4 Å². The molecule has 3 heterocycles. The fourth-order valence-electron chi connectivity index (χ4n) is 3.55. The summed E-state index contributed by atoms with van der Waals surface area (Å²) >= 11 is 0. The predicted octanol–water partition coefficient (Wildman–Crippen LogP) is 1.80. The van der Waals surface area contributed by atoms with Gasteiger partial charge in [-0.3, -0.25) is 4.79 Å². The van der Waals surface area contributed by atoms with Crippen molar-refractivity contribution in [2.75, 3.05) is 19.6 Å². The van der Waals surface area contributed by atoms with Gasteiger partial charge in [-0.15, -0.1) is 0 Å². The van der Waals surface area contributed by atoms with Crippen molar-refractivity contribution in [3.63, 3.8) is 0 Å². The van der Waals surface area contributed by atoms with Gasteiger partial charge in [0.05, 0.1) is 12.2 Å². The molecule has 2 aromatic heterocycles. The summed E-state index contributed by atoms with van der Waals surface area (Å²) in [5, 5.41) is 11.0. The molecule has 1 aromatic carbocycles. The molecule has 1 aliphatic heterocycles. The lowest BCUT2D eigenvalue weighted by atomic mass is 10.0. The normalized spacial score (nSPS) is 17.4. The zero-order valence-electron chi connectivity index (χ0n) is 16.8. The van der Waals surface area contributed by atoms with Crippen LogP contribution in [0.5, 0.6) is 5.75 Å². The summed E-state index contributed by atoms with van der Waals surface area (Å²) in [6, 6.07) is 7.66. The van der Waals surface area contributed by atoms with Crippen LogP contribution in [0.1, 0.15) is 30.5 Å². The van der Waals surface area contributed by atoms with E-state index in [1.165, 1.54) is 0 Å². The molecule has 29 heavy (non-hydrogen) atoms. The third-order valence-electron chi connectivity index (χ3n) is 5.17. The smallest absolute Gasteiger partial charge is 0.260 e. The molecule has 3 aromatic rings. The van der Waals surface area contributed by atoms with Crippen molar-refractivity contribution >= 4 is 17.1 Å². The van der Waals surface area contributed by atoms with Crippen molar-refractivity contribution in [1.82, 2.24) is 30.4 Å². The van der Waals surface area contributed by atoms with E-state index in [1.807, 2.05) is 35.9 Å². The summed E-state index contributed by atoms with van der Waals surface area (Å²) < 4.78 is 7.55. The number of ether oxygens (including phenoxy) is 1. The van der Waals surface area contributed by atoms with Gasteiger partial charge in [-0.05, 0) is 38.9 Å². The van der Waals surface area contributed by atoms with E-state index in [0.29, 0.717) is 24.8 Å². The van der Waals surface area contributed by atoms with E-state index in [4.69, 9.17) is 9.84 Å². The molecule has 0 aliphatic carbocycles. The second-order valence-corrected chi connectivity index (χ2v) is 7.39. The lowest BCUT2D eigenvalue weighted by molar-refractivity contribution is -0.127. The zero-order chi connectivity index (χ0) is 20.2. The van der Waals surface area contributed by atoms with Gasteiger partial charge >= 0.3 is 0 Å². The molecule has 1 aliphatic rings. The summed E-state index contributed by atoms with van der Waals surface area (Å²) in [6.45, 7) is 6.63. The number of benzene rings is 1. The number of aromatic nitrogens is 4. The quantitative estimate of drug-likeness (QED) is 0.635. The van der Waals surface area contributed by atoms with E-state index in [1.54, 1.807) is 19.3 Å². The first-order valence-corrected chi connectivity index (χ1v) is 10.0. The van der Waals surface area contributed by atoms with Crippen molar-refractivity contribution < 1.29 is 9.53 Å². The van der Waals surface area contributed by atoms with Gasteiger partial charge in [-0.1, -0.05) is 17.7 Å². The zero-order valence-corrected chi connectivity index (χ0v) is 16.8. The van der Waals surface area contributed by atoms with Crippen LogP contribution in [0.2, 0.25) is 0 Å². The van der Waals surface area contributed by atoms with Gasteiger partial charge < -0.3 is 15.4 Å². The third-order valence-corrected chi connectivity index (χ3v) is 5.17. The average molecular weight is 394 g/mol. The fourth-order valence-corrected chi connectivity index (χ4v) is 3.55. The standard InChI is InChI=1S/C21H26N6O2/c1-14-3-5-17(6-4-14)29-15(2)21(28)25-11-12-27-20-19(23-9-10-24-20)18(26-27)16-7-8-22-13-16/h3-6,9-10,15-16,22H,7-8,11-13H2,1-2H3,(H,25,28)/t15-,16-/m0/s1. The molecule has 152 valence electrons. The van der Waals surface area contributed by atoms with Crippen LogP contribution in [-0.2, 0) is 11.3 Å². The Bertz CT molecular complexity index is 979. The number of hydrogen-bond acceptors (Lipinski definition) is 6. The molecule has 1 amide bonds. The minimum absolute atomic E-state index is 0.159. The topological polar surface area (TPSA) is 94.0 Å². The van der Waals surface area contributed by atoms with Crippen molar-refractivity contribution in [2.24, 2.45) is 0 Å². The highest BCUT2D eigenvalue weighted by Gasteiger charge is 2.24. The number of carbonyl (C=O) groups is 1. The molecule has 0 radical (unpaired) electrons. The number of nitrogens with one attached hydrogen (secondary N) is 2. The largest absolute Gasteiger partial charge is 0.481 e. The van der Waals surface area contributed by atoms with Crippen molar-refractivity contribution in [1.29, 1.82) is 0 Å². The van der Waals surface area contributed by atoms with E-state index in [-0.39, 0.29) is 5.91 Å². The number of fused-ring (bicyclic) bond motifs is 1. The highest BCUT2D eigenvalue weighted by molar-refractivity contribution is 5.80. The molecule has 0 spiro atoms. The summed E-state index contributed by atoms with van der Waals surface area (Å²) in [4.78, 5) is 21.3. The van der Waals surface area contributed by atoms with Crippen LogP contribution in [0.4, 0.5) is 0 Å². The summed E-state index contributed by atoms with van der Waals surface area (Å²) in [7, 11) is 0. The minimum atomic E-state index is -0.577. The summed E-state index contributed by atoms with van der Waals surface area (Å²) in [6.07, 6.45) is 3.85. The number of amides is 1. The second kappa shape index (κ2) is 8.57. The summed E-state index contributed by atoms with van der Waals surface area (Å²) in [5.41, 5.74) is 3.74. The predicted molar refractivity (Wildman–Crippen MR) is 110 cm³/mol. The van der Waals surface area contributed by atoms with E-state index >= 15 is 0 Å². The van der Waals surface area contributed by atoms with Gasteiger partial charge in [0.2, 0.25) is 0 Å². The van der Waals surface area contributed by atoms with Crippen LogP contribution in [0.25, 0.3) is 11.2 Å². The Labute approximate surface area is 169 Å². The third kappa shape index (κ3) is 4.37. The molecule has 4 rings (SSSR count). The molecule has 1 fully saturated rings. The molecule has 2 atom stereocenters. The molecule has 0 bridgehead atoms. The number of carbonyl (C=O) groups excluding carboxylic acids is 1. The molecule has 1 saturated heterocycles. The number of nitrogens with zero attached hydrogens (tertiary/aromatic N) is 4. The lowest BCUT2D eigenvalue weighted by Gasteiger charge is -2.15. The van der Waals surface area contributed by atoms with E-state index in [9.17, 15) is 4.79 Å². The molecule has 8 nitrogen and oxygen atoms in total. The highest BCUT2D eigenvalue weighted by atomic mass is 16.5. The van der Waals surface area contributed by atoms with Crippen LogP contribution >= 0.6 is 0 Å². The van der Waals surface area contributed by atoms with Gasteiger partial charge in [0.25, 0.3) is 5.91 Å². The van der Waals surface area contributed by atoms with Gasteiger partial charge in [0, 0.05) is 31.4 Å². The minimum Gasteiger partial charge on any atom is -0.481 e. The van der Waals surface area contributed by atoms with Crippen LogP contribution in [0, 0.1) is 6.92 Å². The van der Waals surface area contributed by atoms with E-state index in [2.05, 4.69) is 20.6 Å². The van der Waals surface area contributed by atoms with Crippen LogP contribution in [0.15, 0.2) is 36.7 Å². The molecular formula is C21H26N6O2. The number of aryl methyl sites for hydroxylation is 1. The van der Waals surface area contributed by atoms with E-state index < -0.39 is 6.10 Å². The summed E-state index contributed by atoms with van der Waals surface area (Å²) in [5.74, 6) is 0.878. The molecule has 2 N–H and O–H groups in total. The lowest BCUT2D eigenvalue weighted by Crippen LogP contribution is -2.38. The average Bonchev–Trinajstić information content (AvgIpc) is 3.38. The highest BCUT2D eigenvalue weighted by Crippen LogP contribution is 2.26. The van der Waals surface area contributed by atoms with E-state index in [0.717, 1.165) is 41.9 Å². The molecule has 0 saturated carbocycles. The monoisotopic (exact) mass is 394 g/mol. The van der Waals surface area contributed by atoms with Crippen LogP contribution < -0.4 is 15.4 Å². The SMILES string of the molecule is Cc1ccc(O[C@@H](C)C(=O)NCCn2nc([C@H]3CCNC3)c3nccnc32)cc1. The molecule has 8 heteroatoms. The maximum atomic E-state index is 12.4. The maximum Gasteiger partial charge on any atom is 0.260 e. The first-order chi connectivity index (χ1) is 14.1. The van der Waals surface area contributed by atoms with Gasteiger partial charge in [0.15, 0.2) is 11.8 Å². The van der Waals surface area contributed by atoms with Gasteiger partial charge in [0.1, 0.15) is 11.3 Å².